The van der Waals surface area contributed by atoms with E-state index in [1.807, 2.05) is 0 Å². The van der Waals surface area contributed by atoms with Crippen molar-refractivity contribution in [3.05, 3.63) is 54.0 Å². The van der Waals surface area contributed by atoms with Crippen LogP contribution < -0.4 is 9.88 Å². The molecule has 3 N–H and O–H groups in total. The van der Waals surface area contributed by atoms with E-state index < -0.39 is 30.3 Å². The fourth-order valence-electron chi connectivity index (χ4n) is 3.00. The second-order valence-electron chi connectivity index (χ2n) is 6.52. The number of aromatic nitrogens is 2. The lowest BCUT2D eigenvalue weighted by molar-refractivity contribution is -0.765. The van der Waals surface area contributed by atoms with E-state index in [4.69, 9.17) is 4.74 Å². The summed E-state index contributed by atoms with van der Waals surface area (Å²) in [4.78, 5) is 28.0. The van der Waals surface area contributed by atoms with E-state index in [2.05, 4.69) is 15.0 Å². The Hall–Kier alpha value is -2.88. The molecule has 0 aliphatic carbocycles. The first kappa shape index (κ1) is 19.9. The van der Waals surface area contributed by atoms with Gasteiger partial charge in [0.05, 0.1) is 25.4 Å². The number of ether oxygens (including phenoxy) is 2. The van der Waals surface area contributed by atoms with Crippen LogP contribution in [0.5, 0.6) is 0 Å². The number of rotatable bonds is 5. The van der Waals surface area contributed by atoms with Gasteiger partial charge in [0.15, 0.2) is 12.4 Å². The number of aliphatic hydroxyl groups is 2. The lowest BCUT2D eigenvalue weighted by Crippen LogP contribution is -2.45. The van der Waals surface area contributed by atoms with Crippen molar-refractivity contribution in [3.63, 3.8) is 0 Å². The largest absolute Gasteiger partial charge is 0.465 e. The van der Waals surface area contributed by atoms with Crippen molar-refractivity contribution in [2.24, 2.45) is 5.92 Å². The van der Waals surface area contributed by atoms with Gasteiger partial charge in [-0.3, -0.25) is 4.79 Å². The molecule has 148 valence electrons. The van der Waals surface area contributed by atoms with E-state index in [0.717, 1.165) is 0 Å². The van der Waals surface area contributed by atoms with Gasteiger partial charge in [-0.25, -0.2) is 9.78 Å². The highest BCUT2D eigenvalue weighted by Gasteiger charge is 2.46. The highest BCUT2D eigenvalue weighted by atomic mass is 16.5. The maximum atomic E-state index is 12.5. The van der Waals surface area contributed by atoms with Crippen LogP contribution in [0.1, 0.15) is 33.9 Å². The number of carbonyl (C=O) groups excluding carboxylic acids is 2. The fourth-order valence-corrected chi connectivity index (χ4v) is 3.00. The molecule has 0 spiro atoms. The predicted octanol–water partition coefficient (Wildman–Crippen LogP) is 0.295. The van der Waals surface area contributed by atoms with E-state index in [-0.39, 0.29) is 23.9 Å². The van der Waals surface area contributed by atoms with Crippen molar-refractivity contribution in [1.29, 1.82) is 0 Å². The molecule has 4 atom stereocenters. The lowest BCUT2D eigenvalue weighted by Gasteiger charge is -2.11. The molecule has 1 aliphatic heterocycles. The minimum Gasteiger partial charge on any atom is -0.465 e. The molecule has 9 heteroatoms. The molecule has 0 bridgehead atoms. The molecule has 28 heavy (non-hydrogen) atoms. The van der Waals surface area contributed by atoms with Gasteiger partial charge in [0, 0.05) is 18.2 Å². The third-order valence-corrected chi connectivity index (χ3v) is 4.72. The average Bonchev–Trinajstić information content (AvgIpc) is 3.02. The van der Waals surface area contributed by atoms with E-state index in [9.17, 15) is 19.8 Å². The third kappa shape index (κ3) is 4.01. The average molecular weight is 388 g/mol. The number of anilines is 1. The first-order valence-electron chi connectivity index (χ1n) is 8.75. The fraction of sp³-hybridized carbons (Fsp3) is 0.368. The van der Waals surface area contributed by atoms with E-state index >= 15 is 0 Å². The van der Waals surface area contributed by atoms with Gasteiger partial charge >= 0.3 is 5.97 Å². The summed E-state index contributed by atoms with van der Waals surface area (Å²) in [5, 5.41) is 22.4. The van der Waals surface area contributed by atoms with Crippen molar-refractivity contribution in [2.45, 2.75) is 25.4 Å². The second-order valence-corrected chi connectivity index (χ2v) is 6.52. The normalized spacial score (nSPS) is 24.0. The molecular formula is C19H22N3O6+. The second kappa shape index (κ2) is 8.42. The van der Waals surface area contributed by atoms with E-state index in [0.29, 0.717) is 5.56 Å². The molecule has 3 heterocycles. The highest BCUT2D eigenvalue weighted by molar-refractivity contribution is 6.03. The molecular weight excluding hydrogens is 366 g/mol. The number of nitrogens with zero attached hydrogens (tertiary/aromatic N) is 2. The summed E-state index contributed by atoms with van der Waals surface area (Å²) in [5.41, 5.74) is 0.607. The first-order chi connectivity index (χ1) is 13.4. The van der Waals surface area contributed by atoms with Crippen LogP contribution in [0.15, 0.2) is 42.9 Å². The maximum absolute atomic E-state index is 12.5. The molecule has 1 saturated heterocycles. The van der Waals surface area contributed by atoms with Gasteiger partial charge in [-0.15, -0.1) is 0 Å². The SMILES string of the molecule is COC(=O)c1ccc(NC(=O)c2ccc[n+](C3OC(CO)[C@@H](C)[C@H]3O)c2)nc1. The standard InChI is InChI=1S/C19H21N3O6/c1-11-14(10-23)28-18(16(11)24)22-7-3-4-13(9-22)17(25)21-15-6-5-12(8-20-15)19(26)27-2/h3-9,11,14,16,18,23-24H,10H2,1-2H3/p+1/t11-,14?,16-,18?/m1/s1. The van der Waals surface area contributed by atoms with Gasteiger partial charge in [-0.2, -0.15) is 4.57 Å². The van der Waals surface area contributed by atoms with Crippen LogP contribution in [0.4, 0.5) is 5.82 Å². The summed E-state index contributed by atoms with van der Waals surface area (Å²) in [7, 11) is 1.27. The Balaban J connectivity index is 1.73. The Morgan fingerprint density at radius 3 is 2.71 bits per heavy atom. The number of amides is 1. The summed E-state index contributed by atoms with van der Waals surface area (Å²) in [6.45, 7) is 1.61. The number of methoxy groups -OCH3 is 1. The summed E-state index contributed by atoms with van der Waals surface area (Å²) in [5.74, 6) is -0.886. The van der Waals surface area contributed by atoms with E-state index in [1.54, 1.807) is 36.0 Å². The lowest BCUT2D eigenvalue weighted by atomic mass is 10.0. The zero-order valence-electron chi connectivity index (χ0n) is 15.5. The van der Waals surface area contributed by atoms with Gasteiger partial charge in [-0.05, 0) is 18.2 Å². The molecule has 9 nitrogen and oxygen atoms in total. The van der Waals surface area contributed by atoms with Crippen molar-refractivity contribution in [3.8, 4) is 0 Å². The van der Waals surface area contributed by atoms with Crippen LogP contribution in [0.3, 0.4) is 0 Å². The number of pyridine rings is 2. The summed E-state index contributed by atoms with van der Waals surface area (Å²) in [6.07, 6.45) is 2.57. The Labute approximate surface area is 161 Å². The van der Waals surface area contributed by atoms with E-state index in [1.165, 1.54) is 25.4 Å². The topological polar surface area (TPSA) is 122 Å². The number of hydrogen-bond acceptors (Lipinski definition) is 7. The van der Waals surface area contributed by atoms with Crippen LogP contribution in [0.25, 0.3) is 0 Å². The number of nitrogens with one attached hydrogen (secondary N) is 1. The minimum absolute atomic E-state index is 0.192. The van der Waals surface area contributed by atoms with Gasteiger partial charge in [0.2, 0.25) is 0 Å². The van der Waals surface area contributed by atoms with Crippen LogP contribution >= 0.6 is 0 Å². The van der Waals surface area contributed by atoms with Crippen molar-refractivity contribution < 1.29 is 33.8 Å². The first-order valence-corrected chi connectivity index (χ1v) is 8.75. The monoisotopic (exact) mass is 388 g/mol. The van der Waals surface area contributed by atoms with Crippen molar-refractivity contribution >= 4 is 17.7 Å². The van der Waals surface area contributed by atoms with Crippen LogP contribution in [0.2, 0.25) is 0 Å². The summed E-state index contributed by atoms with van der Waals surface area (Å²) < 4.78 is 11.9. The Kier molecular flexibility index (Phi) is 5.98. The number of aliphatic hydroxyl groups excluding tert-OH is 2. The zero-order valence-corrected chi connectivity index (χ0v) is 15.5. The summed E-state index contributed by atoms with van der Waals surface area (Å²) >= 11 is 0. The molecule has 0 aromatic carbocycles. The number of esters is 1. The quantitative estimate of drug-likeness (QED) is 0.497. The molecule has 0 radical (unpaired) electrons. The van der Waals surface area contributed by atoms with Gasteiger partial charge in [-0.1, -0.05) is 6.92 Å². The molecule has 2 aromatic heterocycles. The Morgan fingerprint density at radius 2 is 2.11 bits per heavy atom. The molecule has 1 amide bonds. The van der Waals surface area contributed by atoms with Crippen LogP contribution in [0, 0.1) is 5.92 Å². The molecule has 1 aliphatic rings. The Morgan fingerprint density at radius 1 is 1.32 bits per heavy atom. The van der Waals surface area contributed by atoms with Crippen molar-refractivity contribution in [1.82, 2.24) is 4.98 Å². The van der Waals surface area contributed by atoms with Gasteiger partial charge < -0.3 is 25.0 Å². The van der Waals surface area contributed by atoms with Crippen LogP contribution in [-0.2, 0) is 9.47 Å². The molecule has 1 fully saturated rings. The van der Waals surface area contributed by atoms with Gasteiger partial charge in [0.25, 0.3) is 12.1 Å². The molecule has 2 unspecified atom stereocenters. The number of carbonyl (C=O) groups is 2. The summed E-state index contributed by atoms with van der Waals surface area (Å²) in [6, 6.07) is 6.27. The minimum atomic E-state index is -0.812. The van der Waals surface area contributed by atoms with Gasteiger partial charge in [0.1, 0.15) is 17.5 Å². The van der Waals surface area contributed by atoms with Crippen LogP contribution in [-0.4, -0.2) is 53.0 Å². The molecule has 2 aromatic rings. The zero-order chi connectivity index (χ0) is 20.3. The highest BCUT2D eigenvalue weighted by Crippen LogP contribution is 2.30. The molecule has 0 saturated carbocycles. The third-order valence-electron chi connectivity index (χ3n) is 4.72. The van der Waals surface area contributed by atoms with Crippen molar-refractivity contribution in [2.75, 3.05) is 19.0 Å². The number of hydrogen-bond donors (Lipinski definition) is 3. The predicted molar refractivity (Wildman–Crippen MR) is 96.3 cm³/mol. The molecule has 3 rings (SSSR count). The smallest absolute Gasteiger partial charge is 0.339 e. The maximum Gasteiger partial charge on any atom is 0.339 e. The Bertz CT molecular complexity index is 857.